The Bertz CT molecular complexity index is 552. The number of hydrogen-bond acceptors (Lipinski definition) is 8. The fourth-order valence-corrected chi connectivity index (χ4v) is 2.25. The molecule has 0 saturated carbocycles. The van der Waals surface area contributed by atoms with Crippen molar-refractivity contribution in [3.05, 3.63) is 0 Å². The van der Waals surface area contributed by atoms with Gasteiger partial charge in [-0.25, -0.2) is 4.57 Å². The Kier molecular flexibility index (Phi) is 10.6. The van der Waals surface area contributed by atoms with Gasteiger partial charge in [-0.05, 0) is 6.92 Å². The Labute approximate surface area is 152 Å². The van der Waals surface area contributed by atoms with Crippen LogP contribution >= 0.6 is 7.82 Å². The van der Waals surface area contributed by atoms with Crippen LogP contribution in [0.1, 0.15) is 33.6 Å². The van der Waals surface area contributed by atoms with Crippen molar-refractivity contribution in [1.82, 2.24) is 10.6 Å². The highest BCUT2D eigenvalue weighted by Gasteiger charge is 2.36. The summed E-state index contributed by atoms with van der Waals surface area (Å²) in [6.45, 7) is 4.48. The maximum absolute atomic E-state index is 12.0. The quantitative estimate of drug-likeness (QED) is 0.133. The first-order valence-corrected chi connectivity index (χ1v) is 9.38. The highest BCUT2D eigenvalue weighted by molar-refractivity contribution is 7.47. The second-order valence-electron chi connectivity index (χ2n) is 6.29. The zero-order chi connectivity index (χ0) is 20.4. The number of nitrogens with one attached hydrogen (secondary N) is 2. The monoisotopic (exact) mass is 397 g/mol. The molecule has 5 N–H and O–H groups in total. The SMILES string of the molecule is COP(=O)(O)OCC(C)(C)C(O)C(=O)NCCC(=O)NCC/C(C)=N/O. The lowest BCUT2D eigenvalue weighted by molar-refractivity contribution is -0.137. The Morgan fingerprint density at radius 2 is 1.81 bits per heavy atom. The summed E-state index contributed by atoms with van der Waals surface area (Å²) in [5.41, 5.74) is -0.684. The summed E-state index contributed by atoms with van der Waals surface area (Å²) in [7, 11) is -3.21. The molecule has 2 amide bonds. The van der Waals surface area contributed by atoms with Crippen LogP contribution in [0.15, 0.2) is 5.16 Å². The maximum Gasteiger partial charge on any atom is 0.471 e. The Morgan fingerprint density at radius 1 is 1.23 bits per heavy atom. The summed E-state index contributed by atoms with van der Waals surface area (Å²) in [5, 5.41) is 26.5. The summed E-state index contributed by atoms with van der Waals surface area (Å²) in [6, 6.07) is 0. The number of phosphoric acid groups is 1. The molecule has 0 aliphatic heterocycles. The summed E-state index contributed by atoms with van der Waals surface area (Å²) in [4.78, 5) is 32.7. The number of hydrogen-bond donors (Lipinski definition) is 5. The van der Waals surface area contributed by atoms with Gasteiger partial charge in [0.2, 0.25) is 11.8 Å². The smallest absolute Gasteiger partial charge is 0.411 e. The third-order valence-electron chi connectivity index (χ3n) is 3.45. The molecule has 12 heteroatoms. The summed E-state index contributed by atoms with van der Waals surface area (Å²) in [6.07, 6.45) is -1.12. The predicted molar refractivity (Wildman–Crippen MR) is 92.7 cm³/mol. The van der Waals surface area contributed by atoms with Crippen LogP contribution in [0.25, 0.3) is 0 Å². The molecule has 0 radical (unpaired) electrons. The van der Waals surface area contributed by atoms with Gasteiger partial charge in [0.25, 0.3) is 0 Å². The molecular formula is C14H28N3O8P. The van der Waals surface area contributed by atoms with E-state index in [1.54, 1.807) is 6.92 Å². The number of oxime groups is 1. The zero-order valence-electron chi connectivity index (χ0n) is 15.4. The minimum Gasteiger partial charge on any atom is -0.411 e. The van der Waals surface area contributed by atoms with Crippen LogP contribution in [0.5, 0.6) is 0 Å². The first kappa shape index (κ1) is 24.5. The van der Waals surface area contributed by atoms with E-state index < -0.39 is 31.9 Å². The molecule has 0 aliphatic rings. The van der Waals surface area contributed by atoms with E-state index in [2.05, 4.69) is 24.8 Å². The van der Waals surface area contributed by atoms with E-state index in [1.165, 1.54) is 13.8 Å². The van der Waals surface area contributed by atoms with E-state index in [-0.39, 0.29) is 18.9 Å². The minimum atomic E-state index is -4.21. The number of nitrogens with zero attached hydrogens (tertiary/aromatic N) is 1. The number of aliphatic hydroxyl groups is 1. The van der Waals surface area contributed by atoms with Gasteiger partial charge in [0.05, 0.1) is 12.3 Å². The number of rotatable bonds is 12. The fraction of sp³-hybridized carbons (Fsp3) is 0.786. The van der Waals surface area contributed by atoms with E-state index in [1.807, 2.05) is 0 Å². The summed E-state index contributed by atoms with van der Waals surface area (Å²) < 4.78 is 20.2. The third kappa shape index (κ3) is 9.83. The molecule has 2 unspecified atom stereocenters. The van der Waals surface area contributed by atoms with Gasteiger partial charge in [-0.15, -0.1) is 0 Å². The molecule has 0 fully saturated rings. The summed E-state index contributed by atoms with van der Waals surface area (Å²) >= 11 is 0. The molecule has 0 aromatic rings. The van der Waals surface area contributed by atoms with Gasteiger partial charge in [-0.3, -0.25) is 18.6 Å². The normalized spacial score (nSPS) is 15.8. The lowest BCUT2D eigenvalue weighted by atomic mass is 9.87. The Balaban J connectivity index is 4.25. The average Bonchev–Trinajstić information content (AvgIpc) is 2.59. The van der Waals surface area contributed by atoms with E-state index >= 15 is 0 Å². The van der Waals surface area contributed by atoms with Crippen LogP contribution in [-0.2, 0) is 23.2 Å². The van der Waals surface area contributed by atoms with E-state index in [0.29, 0.717) is 18.7 Å². The Hall–Kier alpha value is -1.52. The lowest BCUT2D eigenvalue weighted by Gasteiger charge is -2.29. The minimum absolute atomic E-state index is 0.000219. The number of aliphatic hydroxyl groups excluding tert-OH is 1. The van der Waals surface area contributed by atoms with Crippen molar-refractivity contribution < 1.29 is 38.4 Å². The van der Waals surface area contributed by atoms with Crippen molar-refractivity contribution in [2.75, 3.05) is 26.8 Å². The fourth-order valence-electron chi connectivity index (χ4n) is 1.65. The molecule has 0 rings (SSSR count). The van der Waals surface area contributed by atoms with E-state index in [9.17, 15) is 24.2 Å². The molecule has 0 aliphatic carbocycles. The summed E-state index contributed by atoms with van der Waals surface area (Å²) in [5.74, 6) is -1.05. The molecular weight excluding hydrogens is 369 g/mol. The predicted octanol–water partition coefficient (Wildman–Crippen LogP) is -0.000400. The average molecular weight is 397 g/mol. The van der Waals surface area contributed by atoms with Crippen LogP contribution in [0.2, 0.25) is 0 Å². The van der Waals surface area contributed by atoms with Gasteiger partial charge in [0, 0.05) is 38.5 Å². The topological polar surface area (TPSA) is 167 Å². The molecule has 11 nitrogen and oxygen atoms in total. The molecule has 0 heterocycles. The largest absolute Gasteiger partial charge is 0.471 e. The van der Waals surface area contributed by atoms with Gasteiger partial charge < -0.3 is 25.8 Å². The number of carbonyl (C=O) groups excluding carboxylic acids is 2. The molecule has 2 atom stereocenters. The van der Waals surface area contributed by atoms with Crippen LogP contribution in [0.4, 0.5) is 0 Å². The van der Waals surface area contributed by atoms with Gasteiger partial charge in [0.15, 0.2) is 0 Å². The molecule has 0 aromatic heterocycles. The highest BCUT2D eigenvalue weighted by atomic mass is 31.2. The molecule has 0 saturated heterocycles. The lowest BCUT2D eigenvalue weighted by Crippen LogP contribution is -2.46. The van der Waals surface area contributed by atoms with Crippen molar-refractivity contribution in [3.63, 3.8) is 0 Å². The Morgan fingerprint density at radius 3 is 2.35 bits per heavy atom. The first-order chi connectivity index (χ1) is 11.9. The zero-order valence-corrected chi connectivity index (χ0v) is 16.3. The number of amides is 2. The highest BCUT2D eigenvalue weighted by Crippen LogP contribution is 2.43. The molecule has 0 aromatic carbocycles. The van der Waals surface area contributed by atoms with Crippen LogP contribution in [0, 0.1) is 5.41 Å². The van der Waals surface area contributed by atoms with Crippen LogP contribution in [-0.4, -0.2) is 65.6 Å². The molecule has 0 bridgehead atoms. The van der Waals surface area contributed by atoms with Crippen molar-refractivity contribution in [1.29, 1.82) is 0 Å². The second kappa shape index (κ2) is 11.2. The molecule has 152 valence electrons. The number of phosphoric ester groups is 1. The van der Waals surface area contributed by atoms with Crippen molar-refractivity contribution in [2.24, 2.45) is 10.6 Å². The second-order valence-corrected chi connectivity index (χ2v) is 7.85. The van der Waals surface area contributed by atoms with Gasteiger partial charge >= 0.3 is 7.82 Å². The van der Waals surface area contributed by atoms with Crippen molar-refractivity contribution in [3.8, 4) is 0 Å². The molecule has 26 heavy (non-hydrogen) atoms. The molecule has 0 spiro atoms. The van der Waals surface area contributed by atoms with Gasteiger partial charge in [-0.1, -0.05) is 19.0 Å². The van der Waals surface area contributed by atoms with Crippen molar-refractivity contribution in [2.45, 2.75) is 39.7 Å². The van der Waals surface area contributed by atoms with Crippen LogP contribution < -0.4 is 10.6 Å². The van der Waals surface area contributed by atoms with E-state index in [0.717, 1.165) is 7.11 Å². The van der Waals surface area contributed by atoms with Gasteiger partial charge in [-0.2, -0.15) is 0 Å². The standard InChI is InChI=1S/C14H28N3O8P/c1-10(17-21)5-7-15-11(18)6-8-16-13(20)12(19)14(2,3)9-25-26(22,23)24-4/h12,19,21H,5-9H2,1-4H3,(H,15,18)(H,16,20)(H,22,23)/b17-10+. The van der Waals surface area contributed by atoms with Gasteiger partial charge in [0.1, 0.15) is 6.10 Å². The first-order valence-electron chi connectivity index (χ1n) is 7.88. The van der Waals surface area contributed by atoms with Crippen molar-refractivity contribution >= 4 is 25.3 Å². The van der Waals surface area contributed by atoms with Crippen LogP contribution in [0.3, 0.4) is 0 Å². The third-order valence-corrected chi connectivity index (χ3v) is 4.37. The maximum atomic E-state index is 12.0. The van der Waals surface area contributed by atoms with E-state index in [4.69, 9.17) is 5.21 Å². The number of carbonyl (C=O) groups is 2.